The first kappa shape index (κ1) is 13.5. The van der Waals surface area contributed by atoms with Gasteiger partial charge in [-0.3, -0.25) is 0 Å². The summed E-state index contributed by atoms with van der Waals surface area (Å²) in [5.74, 6) is 3.01. The SMILES string of the molecule is CCO[C@@H]1OC2C[C@@H]3CCCC4CC3[C@@H](C[C@H]2O1)C4N. The molecule has 4 nitrogen and oxygen atoms in total. The van der Waals surface area contributed by atoms with E-state index in [1.165, 1.54) is 25.7 Å². The summed E-state index contributed by atoms with van der Waals surface area (Å²) in [5, 5.41) is 0. The Balaban J connectivity index is 1.55. The lowest BCUT2D eigenvalue weighted by Gasteiger charge is -2.29. The molecule has 4 unspecified atom stereocenters. The van der Waals surface area contributed by atoms with Crippen LogP contribution in [0.1, 0.15) is 45.4 Å². The van der Waals surface area contributed by atoms with Crippen molar-refractivity contribution in [1.29, 1.82) is 0 Å². The molecule has 0 radical (unpaired) electrons. The fourth-order valence-electron chi connectivity index (χ4n) is 5.34. The second kappa shape index (κ2) is 5.24. The fourth-order valence-corrected chi connectivity index (χ4v) is 5.34. The van der Waals surface area contributed by atoms with E-state index in [4.69, 9.17) is 19.9 Å². The van der Waals surface area contributed by atoms with Gasteiger partial charge in [0.05, 0.1) is 12.2 Å². The number of hydrogen-bond donors (Lipinski definition) is 1. The second-order valence-corrected chi connectivity index (χ2v) is 7.16. The average molecular weight is 281 g/mol. The highest BCUT2D eigenvalue weighted by molar-refractivity contribution is 5.02. The molecule has 3 aliphatic carbocycles. The van der Waals surface area contributed by atoms with E-state index in [1.807, 2.05) is 6.92 Å². The highest BCUT2D eigenvalue weighted by Crippen LogP contribution is 2.53. The van der Waals surface area contributed by atoms with Crippen LogP contribution in [0.3, 0.4) is 0 Å². The molecule has 0 spiro atoms. The van der Waals surface area contributed by atoms with Crippen LogP contribution < -0.4 is 5.73 Å². The molecule has 1 heterocycles. The van der Waals surface area contributed by atoms with Gasteiger partial charge in [0.2, 0.25) is 0 Å². The molecule has 0 aromatic carbocycles. The van der Waals surface area contributed by atoms with Crippen LogP contribution >= 0.6 is 0 Å². The number of fused-ring (bicyclic) bond motifs is 2. The number of rotatable bonds is 2. The Morgan fingerprint density at radius 3 is 2.55 bits per heavy atom. The zero-order chi connectivity index (χ0) is 13.7. The van der Waals surface area contributed by atoms with Crippen LogP contribution in [0.25, 0.3) is 0 Å². The molecule has 1 saturated heterocycles. The van der Waals surface area contributed by atoms with Crippen molar-refractivity contribution in [3.05, 3.63) is 0 Å². The van der Waals surface area contributed by atoms with Gasteiger partial charge in [-0.05, 0) is 56.3 Å². The van der Waals surface area contributed by atoms with Gasteiger partial charge in [0.15, 0.2) is 0 Å². The first-order valence-electron chi connectivity index (χ1n) is 8.44. The lowest BCUT2D eigenvalue weighted by atomic mass is 9.79. The fraction of sp³-hybridized carbons (Fsp3) is 1.00. The van der Waals surface area contributed by atoms with Gasteiger partial charge in [-0.2, -0.15) is 0 Å². The van der Waals surface area contributed by atoms with Crippen LogP contribution in [0.5, 0.6) is 0 Å². The number of hydrogen-bond acceptors (Lipinski definition) is 4. The highest BCUT2D eigenvalue weighted by Gasteiger charge is 2.52. The summed E-state index contributed by atoms with van der Waals surface area (Å²) in [4.78, 5) is 0. The monoisotopic (exact) mass is 281 g/mol. The van der Waals surface area contributed by atoms with Crippen LogP contribution in [-0.4, -0.2) is 31.3 Å². The average Bonchev–Trinajstić information content (AvgIpc) is 2.79. The second-order valence-electron chi connectivity index (χ2n) is 7.16. The van der Waals surface area contributed by atoms with Crippen molar-refractivity contribution in [2.24, 2.45) is 29.4 Å². The summed E-state index contributed by atoms with van der Waals surface area (Å²) in [7, 11) is 0. The minimum atomic E-state index is -0.441. The van der Waals surface area contributed by atoms with E-state index in [9.17, 15) is 0 Å². The van der Waals surface area contributed by atoms with E-state index in [1.54, 1.807) is 0 Å². The van der Waals surface area contributed by atoms with Crippen molar-refractivity contribution in [3.63, 3.8) is 0 Å². The molecule has 8 atom stereocenters. The minimum absolute atomic E-state index is 0.201. The summed E-state index contributed by atoms with van der Waals surface area (Å²) < 4.78 is 17.5. The Morgan fingerprint density at radius 2 is 1.75 bits per heavy atom. The van der Waals surface area contributed by atoms with Gasteiger partial charge in [0, 0.05) is 12.6 Å². The van der Waals surface area contributed by atoms with Crippen molar-refractivity contribution in [3.8, 4) is 0 Å². The van der Waals surface area contributed by atoms with Crippen molar-refractivity contribution in [2.75, 3.05) is 6.61 Å². The minimum Gasteiger partial charge on any atom is -0.330 e. The summed E-state index contributed by atoms with van der Waals surface area (Å²) in [6, 6.07) is 0.385. The molecule has 3 saturated carbocycles. The van der Waals surface area contributed by atoms with Gasteiger partial charge < -0.3 is 19.9 Å². The van der Waals surface area contributed by atoms with Crippen LogP contribution in [0.2, 0.25) is 0 Å². The first-order valence-corrected chi connectivity index (χ1v) is 8.44. The Bertz CT molecular complexity index is 364. The topological polar surface area (TPSA) is 53.7 Å². The van der Waals surface area contributed by atoms with Gasteiger partial charge in [-0.25, -0.2) is 0 Å². The van der Waals surface area contributed by atoms with Crippen molar-refractivity contribution < 1.29 is 14.2 Å². The van der Waals surface area contributed by atoms with E-state index >= 15 is 0 Å². The zero-order valence-corrected chi connectivity index (χ0v) is 12.4. The van der Waals surface area contributed by atoms with Crippen molar-refractivity contribution in [2.45, 2.75) is 70.2 Å². The normalized spacial score (nSPS) is 54.3. The molecule has 0 amide bonds. The number of nitrogens with two attached hydrogens (primary N) is 1. The van der Waals surface area contributed by atoms with Crippen molar-refractivity contribution >= 4 is 0 Å². The maximum atomic E-state index is 6.56. The smallest absolute Gasteiger partial charge is 0.272 e. The number of ether oxygens (including phenoxy) is 3. The third-order valence-electron chi connectivity index (χ3n) is 6.25. The van der Waals surface area contributed by atoms with Gasteiger partial charge in [-0.15, -0.1) is 0 Å². The molecule has 1 aliphatic heterocycles. The van der Waals surface area contributed by atoms with E-state index in [2.05, 4.69) is 0 Å². The Labute approximate surface area is 121 Å². The highest BCUT2D eigenvalue weighted by atomic mass is 16.9. The van der Waals surface area contributed by atoms with Crippen molar-refractivity contribution in [1.82, 2.24) is 0 Å². The van der Waals surface area contributed by atoms with E-state index in [-0.39, 0.29) is 12.2 Å². The molecule has 2 N–H and O–H groups in total. The van der Waals surface area contributed by atoms with Gasteiger partial charge in [-0.1, -0.05) is 12.8 Å². The quantitative estimate of drug-likeness (QED) is 0.843. The summed E-state index contributed by atoms with van der Waals surface area (Å²) in [6.45, 7) is 2.18. The Hall–Kier alpha value is -0.160. The lowest BCUT2D eigenvalue weighted by Crippen LogP contribution is -2.36. The van der Waals surface area contributed by atoms with E-state index < -0.39 is 6.48 Å². The molecular formula is C16H27NO3. The van der Waals surface area contributed by atoms with E-state index in [0.29, 0.717) is 18.6 Å². The predicted octanol–water partition coefficient (Wildman–Crippen LogP) is 2.26. The largest absolute Gasteiger partial charge is 0.330 e. The zero-order valence-electron chi connectivity index (χ0n) is 12.4. The molecule has 4 aliphatic rings. The third-order valence-corrected chi connectivity index (χ3v) is 6.25. The Kier molecular flexibility index (Phi) is 3.53. The summed E-state index contributed by atoms with van der Waals surface area (Å²) in [5.41, 5.74) is 6.56. The molecular weight excluding hydrogens is 254 g/mol. The first-order chi connectivity index (χ1) is 9.76. The molecule has 0 aromatic heterocycles. The predicted molar refractivity (Wildman–Crippen MR) is 74.8 cm³/mol. The van der Waals surface area contributed by atoms with Crippen LogP contribution in [0, 0.1) is 23.7 Å². The Morgan fingerprint density at radius 1 is 1.00 bits per heavy atom. The maximum Gasteiger partial charge on any atom is 0.272 e. The molecule has 20 heavy (non-hydrogen) atoms. The van der Waals surface area contributed by atoms with Crippen LogP contribution in [0.4, 0.5) is 0 Å². The molecule has 4 fully saturated rings. The standard InChI is InChI=1S/C16H27NO3/c1-2-18-16-19-13-7-9-4-3-5-10-6-11(9)12(15(10)17)8-14(13)20-16/h9-16H,2-8,17H2,1H3/t9-,10?,11?,12+,13?,14+,15?,16+/m0/s1. The summed E-state index contributed by atoms with van der Waals surface area (Å²) in [6.07, 6.45) is 8.05. The summed E-state index contributed by atoms with van der Waals surface area (Å²) >= 11 is 0. The van der Waals surface area contributed by atoms with E-state index in [0.717, 1.165) is 30.6 Å². The van der Waals surface area contributed by atoms with Gasteiger partial charge >= 0.3 is 0 Å². The molecule has 114 valence electrons. The van der Waals surface area contributed by atoms with Gasteiger partial charge in [0.25, 0.3) is 6.48 Å². The molecule has 4 heteroatoms. The maximum absolute atomic E-state index is 6.56. The molecule has 2 bridgehead atoms. The van der Waals surface area contributed by atoms with Gasteiger partial charge in [0.1, 0.15) is 0 Å². The third kappa shape index (κ3) is 2.12. The molecule has 0 aromatic rings. The molecule has 4 rings (SSSR count). The van der Waals surface area contributed by atoms with Crippen LogP contribution in [0.15, 0.2) is 0 Å². The lowest BCUT2D eigenvalue weighted by molar-refractivity contribution is -0.242. The van der Waals surface area contributed by atoms with Crippen LogP contribution in [-0.2, 0) is 14.2 Å².